The number of hydrogen-bond acceptors (Lipinski definition) is 4. The van der Waals surface area contributed by atoms with Crippen molar-refractivity contribution in [3.8, 4) is 0 Å². The maximum absolute atomic E-state index is 13.2. The molecule has 1 amide bonds. The predicted molar refractivity (Wildman–Crippen MR) is 125 cm³/mol. The number of nitrogens with one attached hydrogen (secondary N) is 1. The Bertz CT molecular complexity index is 1100. The van der Waals surface area contributed by atoms with Crippen LogP contribution in [0.25, 0.3) is 0 Å². The minimum atomic E-state index is -3.85. The summed E-state index contributed by atoms with van der Waals surface area (Å²) in [4.78, 5) is 13.9. The molecule has 30 heavy (non-hydrogen) atoms. The van der Waals surface area contributed by atoms with Crippen molar-refractivity contribution in [1.82, 2.24) is 4.31 Å². The second kappa shape index (κ2) is 10.3. The molecule has 0 spiro atoms. The Labute approximate surface area is 189 Å². The molecule has 0 heterocycles. The highest BCUT2D eigenvalue weighted by atomic mass is 79.9. The van der Waals surface area contributed by atoms with Gasteiger partial charge in [-0.1, -0.05) is 52.3 Å². The molecule has 0 atom stereocenters. The number of amides is 1. The van der Waals surface area contributed by atoms with Gasteiger partial charge in [-0.05, 0) is 54.3 Å². The third-order valence-corrected chi connectivity index (χ3v) is 7.39. The summed E-state index contributed by atoms with van der Waals surface area (Å²) in [6.45, 7) is -0.209. The van der Waals surface area contributed by atoms with E-state index in [1.807, 2.05) is 48.7 Å². The lowest BCUT2D eigenvalue weighted by Crippen LogP contribution is -2.37. The Morgan fingerprint density at radius 3 is 2.37 bits per heavy atom. The Morgan fingerprint density at radius 2 is 1.70 bits per heavy atom. The summed E-state index contributed by atoms with van der Waals surface area (Å²) in [7, 11) is -3.85. The van der Waals surface area contributed by atoms with Crippen LogP contribution in [-0.4, -0.2) is 31.4 Å². The predicted octanol–water partition coefficient (Wildman–Crippen LogP) is 5.00. The zero-order valence-electron chi connectivity index (χ0n) is 16.3. The molecule has 0 fully saturated rings. The fourth-order valence-electron chi connectivity index (χ4n) is 2.82. The van der Waals surface area contributed by atoms with Crippen LogP contribution >= 0.6 is 27.7 Å². The molecule has 3 aromatic carbocycles. The second-order valence-electron chi connectivity index (χ2n) is 6.49. The molecule has 1 N–H and O–H groups in total. The van der Waals surface area contributed by atoms with E-state index >= 15 is 0 Å². The van der Waals surface area contributed by atoms with Crippen molar-refractivity contribution in [1.29, 1.82) is 0 Å². The van der Waals surface area contributed by atoms with Crippen molar-refractivity contribution in [3.05, 3.63) is 88.9 Å². The van der Waals surface area contributed by atoms with Gasteiger partial charge in [-0.2, -0.15) is 4.31 Å². The first-order valence-electron chi connectivity index (χ1n) is 9.12. The van der Waals surface area contributed by atoms with E-state index in [1.165, 1.54) is 16.4 Å². The zero-order chi connectivity index (χ0) is 21.6. The minimum Gasteiger partial charge on any atom is -0.325 e. The quantitative estimate of drug-likeness (QED) is 0.438. The molecule has 3 rings (SSSR count). The van der Waals surface area contributed by atoms with E-state index in [2.05, 4.69) is 21.2 Å². The molecule has 0 unspecified atom stereocenters. The third kappa shape index (κ3) is 5.95. The molecule has 8 heteroatoms. The number of sulfonamides is 1. The normalized spacial score (nSPS) is 11.4. The monoisotopic (exact) mass is 504 g/mol. The van der Waals surface area contributed by atoms with Crippen molar-refractivity contribution >= 4 is 49.3 Å². The highest BCUT2D eigenvalue weighted by molar-refractivity contribution is 9.10. The van der Waals surface area contributed by atoms with E-state index < -0.39 is 15.9 Å². The average Bonchev–Trinajstić information content (AvgIpc) is 2.75. The Balaban J connectivity index is 1.84. The molecule has 0 saturated heterocycles. The maximum Gasteiger partial charge on any atom is 0.243 e. The molecule has 3 aromatic rings. The zero-order valence-corrected chi connectivity index (χ0v) is 19.5. The van der Waals surface area contributed by atoms with Crippen LogP contribution in [0.5, 0.6) is 0 Å². The first-order chi connectivity index (χ1) is 14.4. The Hall–Kier alpha value is -2.13. The van der Waals surface area contributed by atoms with Crippen molar-refractivity contribution < 1.29 is 13.2 Å². The number of carbonyl (C=O) groups is 1. The van der Waals surface area contributed by atoms with Gasteiger partial charge in [0.15, 0.2) is 0 Å². The van der Waals surface area contributed by atoms with Crippen molar-refractivity contribution in [3.63, 3.8) is 0 Å². The molecule has 5 nitrogen and oxygen atoms in total. The van der Waals surface area contributed by atoms with Gasteiger partial charge in [-0.3, -0.25) is 4.79 Å². The number of thioether (sulfide) groups is 1. The number of carbonyl (C=O) groups excluding carboxylic acids is 1. The van der Waals surface area contributed by atoms with Crippen LogP contribution < -0.4 is 5.32 Å². The third-order valence-electron chi connectivity index (χ3n) is 4.33. The first-order valence-corrected chi connectivity index (χ1v) is 12.6. The summed E-state index contributed by atoms with van der Waals surface area (Å²) < 4.78 is 28.5. The van der Waals surface area contributed by atoms with Gasteiger partial charge in [0.25, 0.3) is 0 Å². The van der Waals surface area contributed by atoms with Gasteiger partial charge in [0.05, 0.1) is 11.4 Å². The van der Waals surface area contributed by atoms with E-state index in [0.29, 0.717) is 5.69 Å². The van der Waals surface area contributed by atoms with Gasteiger partial charge in [-0.25, -0.2) is 8.42 Å². The van der Waals surface area contributed by atoms with Crippen LogP contribution in [0.4, 0.5) is 5.69 Å². The molecule has 0 bridgehead atoms. The molecule has 0 radical (unpaired) electrons. The maximum atomic E-state index is 13.2. The SMILES string of the molecule is CSc1cccc(NC(=O)CN(Cc2ccc(Br)cc2)S(=O)(=O)c2ccccc2)c1. The van der Waals surface area contributed by atoms with Gasteiger partial charge in [0.2, 0.25) is 15.9 Å². The van der Waals surface area contributed by atoms with E-state index in [1.54, 1.807) is 36.0 Å². The Kier molecular flexibility index (Phi) is 7.71. The number of rotatable bonds is 8. The highest BCUT2D eigenvalue weighted by Crippen LogP contribution is 2.21. The summed E-state index contributed by atoms with van der Waals surface area (Å²) in [5.74, 6) is -0.398. The van der Waals surface area contributed by atoms with Crippen LogP contribution in [0.1, 0.15) is 5.56 Å². The smallest absolute Gasteiger partial charge is 0.243 e. The number of hydrogen-bond donors (Lipinski definition) is 1. The van der Waals surface area contributed by atoms with Crippen LogP contribution in [0.15, 0.2) is 93.1 Å². The Morgan fingerprint density at radius 1 is 1.00 bits per heavy atom. The van der Waals surface area contributed by atoms with E-state index in [-0.39, 0.29) is 18.0 Å². The summed E-state index contributed by atoms with van der Waals surface area (Å²) in [5, 5.41) is 2.80. The van der Waals surface area contributed by atoms with E-state index in [9.17, 15) is 13.2 Å². The molecule has 0 saturated carbocycles. The standard InChI is InChI=1S/C22H21BrN2O3S2/c1-29-20-7-5-6-19(14-20)24-22(26)16-25(15-17-10-12-18(23)13-11-17)30(27,28)21-8-3-2-4-9-21/h2-14H,15-16H2,1H3,(H,24,26). The summed E-state index contributed by atoms with van der Waals surface area (Å²) >= 11 is 4.95. The van der Waals surface area contributed by atoms with Crippen LogP contribution in [0, 0.1) is 0 Å². The van der Waals surface area contributed by atoms with Gasteiger partial charge >= 0.3 is 0 Å². The van der Waals surface area contributed by atoms with Crippen LogP contribution in [0.3, 0.4) is 0 Å². The highest BCUT2D eigenvalue weighted by Gasteiger charge is 2.26. The molecule has 0 aliphatic rings. The fraction of sp³-hybridized carbons (Fsp3) is 0.136. The summed E-state index contributed by atoms with van der Waals surface area (Å²) in [5.41, 5.74) is 1.42. The molecule has 0 aromatic heterocycles. The topological polar surface area (TPSA) is 66.5 Å². The number of halogens is 1. The second-order valence-corrected chi connectivity index (χ2v) is 10.2. The lowest BCUT2D eigenvalue weighted by molar-refractivity contribution is -0.116. The van der Waals surface area contributed by atoms with Gasteiger partial charge in [0.1, 0.15) is 0 Å². The number of benzene rings is 3. The molecule has 0 aliphatic heterocycles. The van der Waals surface area contributed by atoms with Gasteiger partial charge in [0, 0.05) is 21.6 Å². The minimum absolute atomic E-state index is 0.0861. The molecule has 0 aliphatic carbocycles. The van der Waals surface area contributed by atoms with Gasteiger partial charge < -0.3 is 5.32 Å². The molecular weight excluding hydrogens is 484 g/mol. The largest absolute Gasteiger partial charge is 0.325 e. The van der Waals surface area contributed by atoms with Gasteiger partial charge in [-0.15, -0.1) is 11.8 Å². The fourth-order valence-corrected chi connectivity index (χ4v) is 4.95. The van der Waals surface area contributed by atoms with E-state index in [4.69, 9.17) is 0 Å². The summed E-state index contributed by atoms with van der Waals surface area (Å²) in [6, 6.07) is 22.9. The van der Waals surface area contributed by atoms with Crippen molar-refractivity contribution in [2.24, 2.45) is 0 Å². The van der Waals surface area contributed by atoms with Crippen molar-refractivity contribution in [2.75, 3.05) is 18.1 Å². The number of anilines is 1. The lowest BCUT2D eigenvalue weighted by atomic mass is 10.2. The number of nitrogens with zero attached hydrogens (tertiary/aromatic N) is 1. The van der Waals surface area contributed by atoms with Crippen LogP contribution in [-0.2, 0) is 21.4 Å². The molecular formula is C22H21BrN2O3S2. The van der Waals surface area contributed by atoms with Crippen molar-refractivity contribution in [2.45, 2.75) is 16.3 Å². The van der Waals surface area contributed by atoms with Crippen LogP contribution in [0.2, 0.25) is 0 Å². The summed E-state index contributed by atoms with van der Waals surface area (Å²) in [6.07, 6.45) is 1.95. The first kappa shape index (κ1) is 22.6. The lowest BCUT2D eigenvalue weighted by Gasteiger charge is -2.22. The average molecular weight is 505 g/mol. The molecule has 156 valence electrons. The van der Waals surface area contributed by atoms with E-state index in [0.717, 1.165) is 14.9 Å².